The Morgan fingerprint density at radius 2 is 1.88 bits per heavy atom. The first-order chi connectivity index (χ1) is 16.1. The second-order valence-corrected chi connectivity index (χ2v) is 8.64. The summed E-state index contributed by atoms with van der Waals surface area (Å²) in [4.78, 5) is 17.3. The van der Waals surface area contributed by atoms with Crippen molar-refractivity contribution in [3.8, 4) is 22.4 Å². The van der Waals surface area contributed by atoms with Crippen molar-refractivity contribution in [3.05, 3.63) is 83.4 Å². The average Bonchev–Trinajstić information content (AvgIpc) is 3.25. The summed E-state index contributed by atoms with van der Waals surface area (Å²) in [5.41, 5.74) is 4.57. The monoisotopic (exact) mass is 453 g/mol. The van der Waals surface area contributed by atoms with Crippen LogP contribution in [0.3, 0.4) is 0 Å². The average molecular weight is 454 g/mol. The SMILES string of the molecule is CCCOc1ccc(/C=C(\C#N)C(=O)Nc2ccc(-c3nc4ccc(C)cc4s3)cc2)cc1. The molecule has 1 amide bonds. The number of nitrogens with one attached hydrogen (secondary N) is 1. The van der Waals surface area contributed by atoms with Crippen LogP contribution in [0.4, 0.5) is 5.69 Å². The number of thiazole rings is 1. The maximum absolute atomic E-state index is 12.6. The van der Waals surface area contributed by atoms with Crippen LogP contribution in [0.1, 0.15) is 24.5 Å². The summed E-state index contributed by atoms with van der Waals surface area (Å²) >= 11 is 1.64. The van der Waals surface area contributed by atoms with Crippen LogP contribution in [0.15, 0.2) is 72.3 Å². The maximum Gasteiger partial charge on any atom is 0.266 e. The normalized spacial score (nSPS) is 11.2. The molecule has 0 saturated carbocycles. The predicted molar refractivity (Wildman–Crippen MR) is 134 cm³/mol. The molecule has 1 aromatic heterocycles. The van der Waals surface area contributed by atoms with Crippen LogP contribution >= 0.6 is 11.3 Å². The lowest BCUT2D eigenvalue weighted by molar-refractivity contribution is -0.112. The molecule has 0 aliphatic heterocycles. The lowest BCUT2D eigenvalue weighted by Crippen LogP contribution is -2.13. The predicted octanol–water partition coefficient (Wildman–Crippen LogP) is 6.61. The van der Waals surface area contributed by atoms with Crippen molar-refractivity contribution >= 4 is 39.2 Å². The number of nitriles is 1. The molecule has 4 rings (SSSR count). The van der Waals surface area contributed by atoms with E-state index in [1.807, 2.05) is 67.6 Å². The number of nitrogens with zero attached hydrogens (tertiary/aromatic N) is 2. The minimum Gasteiger partial charge on any atom is -0.494 e. The van der Waals surface area contributed by atoms with Gasteiger partial charge in [0.15, 0.2) is 0 Å². The van der Waals surface area contributed by atoms with Crippen LogP contribution in [0.2, 0.25) is 0 Å². The van der Waals surface area contributed by atoms with E-state index in [1.54, 1.807) is 17.4 Å². The molecule has 0 fully saturated rings. The third-order valence-corrected chi connectivity index (χ3v) is 6.03. The van der Waals surface area contributed by atoms with Gasteiger partial charge in [-0.05, 0) is 79.1 Å². The number of hydrogen-bond donors (Lipinski definition) is 1. The highest BCUT2D eigenvalue weighted by Crippen LogP contribution is 2.31. The van der Waals surface area contributed by atoms with E-state index in [0.717, 1.165) is 38.5 Å². The number of rotatable bonds is 7. The smallest absolute Gasteiger partial charge is 0.266 e. The van der Waals surface area contributed by atoms with Gasteiger partial charge in [-0.3, -0.25) is 4.79 Å². The summed E-state index contributed by atoms with van der Waals surface area (Å²) in [5, 5.41) is 13.2. The van der Waals surface area contributed by atoms with Gasteiger partial charge in [0.25, 0.3) is 5.91 Å². The topological polar surface area (TPSA) is 75.0 Å². The number of amides is 1. The van der Waals surface area contributed by atoms with Gasteiger partial charge in [0.1, 0.15) is 22.4 Å². The number of ether oxygens (including phenoxy) is 1. The Bertz CT molecular complexity index is 1350. The third-order valence-electron chi connectivity index (χ3n) is 4.96. The summed E-state index contributed by atoms with van der Waals surface area (Å²) < 4.78 is 6.71. The van der Waals surface area contributed by atoms with Crippen LogP contribution in [-0.4, -0.2) is 17.5 Å². The van der Waals surface area contributed by atoms with Gasteiger partial charge in [-0.2, -0.15) is 5.26 Å². The second kappa shape index (κ2) is 10.1. The molecule has 0 aliphatic rings. The molecule has 0 atom stereocenters. The minimum absolute atomic E-state index is 0.0304. The zero-order valence-corrected chi connectivity index (χ0v) is 19.3. The lowest BCUT2D eigenvalue weighted by atomic mass is 10.1. The number of benzene rings is 3. The van der Waals surface area contributed by atoms with Gasteiger partial charge < -0.3 is 10.1 Å². The lowest BCUT2D eigenvalue weighted by Gasteiger charge is -2.06. The van der Waals surface area contributed by atoms with E-state index in [-0.39, 0.29) is 5.57 Å². The molecule has 6 heteroatoms. The molecular formula is C27H23N3O2S. The van der Waals surface area contributed by atoms with Crippen molar-refractivity contribution < 1.29 is 9.53 Å². The summed E-state index contributed by atoms with van der Waals surface area (Å²) in [7, 11) is 0. The van der Waals surface area contributed by atoms with Crippen molar-refractivity contribution in [1.29, 1.82) is 5.26 Å². The molecule has 4 aromatic rings. The Hall–Kier alpha value is -3.95. The van der Waals surface area contributed by atoms with Crippen molar-refractivity contribution in [3.63, 3.8) is 0 Å². The molecule has 3 aromatic carbocycles. The first kappa shape index (κ1) is 22.3. The fourth-order valence-electron chi connectivity index (χ4n) is 3.25. The summed E-state index contributed by atoms with van der Waals surface area (Å²) in [6.45, 7) is 4.76. The van der Waals surface area contributed by atoms with Crippen LogP contribution < -0.4 is 10.1 Å². The van der Waals surface area contributed by atoms with Crippen molar-refractivity contribution in [2.75, 3.05) is 11.9 Å². The molecule has 0 unspecified atom stereocenters. The molecule has 0 saturated heterocycles. The molecule has 5 nitrogen and oxygen atoms in total. The molecule has 0 radical (unpaired) electrons. The van der Waals surface area contributed by atoms with Crippen LogP contribution in [-0.2, 0) is 4.79 Å². The van der Waals surface area contributed by atoms with E-state index in [4.69, 9.17) is 9.72 Å². The number of aryl methyl sites for hydroxylation is 1. The largest absolute Gasteiger partial charge is 0.494 e. The number of carbonyl (C=O) groups excluding carboxylic acids is 1. The van der Waals surface area contributed by atoms with Gasteiger partial charge in [0.05, 0.1) is 16.8 Å². The van der Waals surface area contributed by atoms with E-state index < -0.39 is 5.91 Å². The zero-order valence-electron chi connectivity index (χ0n) is 18.5. The Balaban J connectivity index is 1.45. The van der Waals surface area contributed by atoms with E-state index in [9.17, 15) is 10.1 Å². The molecule has 1 N–H and O–H groups in total. The van der Waals surface area contributed by atoms with Crippen molar-refractivity contribution in [1.82, 2.24) is 4.98 Å². The summed E-state index contributed by atoms with van der Waals surface area (Å²) in [6, 6.07) is 23.0. The molecule has 33 heavy (non-hydrogen) atoms. The maximum atomic E-state index is 12.6. The van der Waals surface area contributed by atoms with Crippen LogP contribution in [0.5, 0.6) is 5.75 Å². The number of anilines is 1. The van der Waals surface area contributed by atoms with E-state index in [1.165, 1.54) is 5.56 Å². The Kier molecular flexibility index (Phi) is 6.82. The highest BCUT2D eigenvalue weighted by atomic mass is 32.1. The molecule has 0 spiro atoms. The van der Waals surface area contributed by atoms with Crippen molar-refractivity contribution in [2.24, 2.45) is 0 Å². The summed E-state index contributed by atoms with van der Waals surface area (Å²) in [5.74, 6) is 0.312. The molecule has 1 heterocycles. The standard InChI is InChI=1S/C27H23N3O2S/c1-3-14-32-23-11-5-19(6-12-23)16-21(17-28)26(31)29-22-9-7-20(8-10-22)27-30-24-13-4-18(2)15-25(24)33-27/h4-13,15-16H,3,14H2,1-2H3,(H,29,31)/b21-16+. The second-order valence-electron chi connectivity index (χ2n) is 7.61. The molecule has 0 bridgehead atoms. The fraction of sp³-hybridized carbons (Fsp3) is 0.148. The molecular weight excluding hydrogens is 430 g/mol. The fourth-order valence-corrected chi connectivity index (χ4v) is 4.31. The Morgan fingerprint density at radius 1 is 1.12 bits per heavy atom. The first-order valence-electron chi connectivity index (χ1n) is 10.7. The molecule has 164 valence electrons. The number of aromatic nitrogens is 1. The first-order valence-corrected chi connectivity index (χ1v) is 11.5. The van der Waals surface area contributed by atoms with E-state index in [2.05, 4.69) is 24.4 Å². The highest BCUT2D eigenvalue weighted by molar-refractivity contribution is 7.21. The van der Waals surface area contributed by atoms with Crippen LogP contribution in [0, 0.1) is 18.3 Å². The van der Waals surface area contributed by atoms with E-state index in [0.29, 0.717) is 12.3 Å². The molecule has 0 aliphatic carbocycles. The Labute approximate surface area is 197 Å². The van der Waals surface area contributed by atoms with Gasteiger partial charge in [-0.25, -0.2) is 4.98 Å². The van der Waals surface area contributed by atoms with Gasteiger partial charge in [-0.15, -0.1) is 11.3 Å². The number of fused-ring (bicyclic) bond motifs is 1. The van der Waals surface area contributed by atoms with Crippen LogP contribution in [0.25, 0.3) is 26.9 Å². The van der Waals surface area contributed by atoms with Gasteiger partial charge in [-0.1, -0.05) is 25.1 Å². The van der Waals surface area contributed by atoms with E-state index >= 15 is 0 Å². The third kappa shape index (κ3) is 5.46. The van der Waals surface area contributed by atoms with Gasteiger partial charge in [0.2, 0.25) is 0 Å². The van der Waals surface area contributed by atoms with Crippen molar-refractivity contribution in [2.45, 2.75) is 20.3 Å². The quantitative estimate of drug-likeness (QED) is 0.252. The zero-order chi connectivity index (χ0) is 23.2. The Morgan fingerprint density at radius 3 is 2.58 bits per heavy atom. The summed E-state index contributed by atoms with van der Waals surface area (Å²) in [6.07, 6.45) is 2.50. The minimum atomic E-state index is -0.452. The highest BCUT2D eigenvalue weighted by Gasteiger charge is 2.11. The van der Waals surface area contributed by atoms with Gasteiger partial charge in [0, 0.05) is 11.3 Å². The van der Waals surface area contributed by atoms with Gasteiger partial charge >= 0.3 is 0 Å². The number of carbonyl (C=O) groups is 1. The number of hydrogen-bond acceptors (Lipinski definition) is 5.